The summed E-state index contributed by atoms with van der Waals surface area (Å²) in [5.41, 5.74) is 0. The number of ether oxygens (including phenoxy) is 2. The van der Waals surface area contributed by atoms with E-state index in [9.17, 15) is 19.4 Å². The number of aliphatic hydroxyl groups is 2. The Kier molecular flexibility index (Phi) is 42.4. The van der Waals surface area contributed by atoms with Crippen LogP contribution in [0.4, 0.5) is 0 Å². The van der Waals surface area contributed by atoms with Crippen LogP contribution < -0.4 is 0 Å². The second-order valence-electron chi connectivity index (χ2n) is 14.7. The zero-order valence-corrected chi connectivity index (χ0v) is 37.4. The molecule has 0 aliphatic carbocycles. The van der Waals surface area contributed by atoms with Crippen LogP contribution in [-0.4, -0.2) is 66.3 Å². The number of carbonyl (C=O) groups is 1. The smallest absolute Gasteiger partial charge is 0.457 e. The number of hydrogen-bond acceptors (Lipinski definition) is 8. The molecule has 0 saturated carbocycles. The highest BCUT2D eigenvalue weighted by Gasteiger charge is 2.26. The molecule has 0 radical (unpaired) electrons. The van der Waals surface area contributed by atoms with Crippen LogP contribution >= 0.6 is 7.82 Å². The average Bonchev–Trinajstić information content (AvgIpc) is 3.21. The predicted octanol–water partition coefficient (Wildman–Crippen LogP) is 12.7. The Bertz CT molecular complexity index is 1170. The summed E-state index contributed by atoms with van der Waals surface area (Å²) in [7, 11) is -4.54. The van der Waals surface area contributed by atoms with Crippen molar-refractivity contribution in [3.05, 3.63) is 85.1 Å². The summed E-state index contributed by atoms with van der Waals surface area (Å²) in [6, 6.07) is 0. The van der Waals surface area contributed by atoms with Gasteiger partial charge in [0.05, 0.1) is 26.4 Å². The molecule has 3 unspecified atom stereocenters. The summed E-state index contributed by atoms with van der Waals surface area (Å²) >= 11 is 0. The number of rotatable bonds is 42. The molecule has 0 aliphatic heterocycles. The normalized spacial score (nSPS) is 14.8. The average molecular weight is 835 g/mol. The van der Waals surface area contributed by atoms with E-state index in [-0.39, 0.29) is 13.0 Å². The lowest BCUT2D eigenvalue weighted by Crippen LogP contribution is -2.29. The number of allylic oxidation sites excluding steroid dienone is 14. The van der Waals surface area contributed by atoms with Crippen molar-refractivity contribution in [3.63, 3.8) is 0 Å². The number of carbonyl (C=O) groups excluding carboxylic acids is 1. The first-order valence-electron chi connectivity index (χ1n) is 22.6. The van der Waals surface area contributed by atoms with Gasteiger partial charge in [-0.05, 0) is 77.0 Å². The second-order valence-corrected chi connectivity index (χ2v) is 16.1. The molecule has 0 heterocycles. The van der Waals surface area contributed by atoms with Crippen molar-refractivity contribution in [2.24, 2.45) is 0 Å². The van der Waals surface area contributed by atoms with E-state index in [2.05, 4.69) is 86.8 Å². The molecule has 3 atom stereocenters. The van der Waals surface area contributed by atoms with Crippen LogP contribution in [0.15, 0.2) is 85.1 Å². The second kappa shape index (κ2) is 44.2. The van der Waals surface area contributed by atoms with Gasteiger partial charge in [-0.1, -0.05) is 170 Å². The number of hydrogen-bond donors (Lipinski definition) is 3. The first-order valence-corrected chi connectivity index (χ1v) is 24.1. The van der Waals surface area contributed by atoms with Crippen molar-refractivity contribution in [1.82, 2.24) is 0 Å². The first-order chi connectivity index (χ1) is 28.3. The Hall–Kier alpha value is -2.36. The maximum Gasteiger partial charge on any atom is 0.472 e. The van der Waals surface area contributed by atoms with E-state index in [0.717, 1.165) is 64.2 Å². The molecule has 0 fully saturated rings. The van der Waals surface area contributed by atoms with Crippen molar-refractivity contribution in [3.8, 4) is 0 Å². The fraction of sp³-hybridized carbons (Fsp3) is 0.688. The molecule has 3 N–H and O–H groups in total. The lowest BCUT2D eigenvalue weighted by Gasteiger charge is -2.20. The molecule has 9 nitrogen and oxygen atoms in total. The summed E-state index contributed by atoms with van der Waals surface area (Å²) in [6.07, 6.45) is 54.3. The summed E-state index contributed by atoms with van der Waals surface area (Å²) < 4.78 is 33.3. The van der Waals surface area contributed by atoms with Gasteiger partial charge in [-0.3, -0.25) is 13.8 Å². The molecule has 0 spiro atoms. The molecular weight excluding hydrogens is 751 g/mol. The summed E-state index contributed by atoms with van der Waals surface area (Å²) in [6.45, 7) is 3.26. The topological polar surface area (TPSA) is 132 Å². The predicted molar refractivity (Wildman–Crippen MR) is 242 cm³/mol. The summed E-state index contributed by atoms with van der Waals surface area (Å²) in [5.74, 6) is -0.467. The maximum absolute atomic E-state index is 12.6. The van der Waals surface area contributed by atoms with Gasteiger partial charge < -0.3 is 24.6 Å². The van der Waals surface area contributed by atoms with Crippen molar-refractivity contribution in [1.29, 1.82) is 0 Å². The van der Waals surface area contributed by atoms with Crippen LogP contribution in [0.5, 0.6) is 0 Å². The lowest BCUT2D eigenvalue weighted by molar-refractivity contribution is -0.154. The fourth-order valence-electron chi connectivity index (χ4n) is 5.67. The van der Waals surface area contributed by atoms with E-state index in [4.69, 9.17) is 23.6 Å². The first kappa shape index (κ1) is 55.6. The highest BCUT2D eigenvalue weighted by molar-refractivity contribution is 7.47. The quantitative estimate of drug-likeness (QED) is 0.0238. The number of aliphatic hydroxyl groups excluding tert-OH is 2. The Morgan fingerprint density at radius 2 is 0.983 bits per heavy atom. The van der Waals surface area contributed by atoms with Gasteiger partial charge in [0.1, 0.15) is 12.2 Å². The van der Waals surface area contributed by atoms with Gasteiger partial charge in [-0.25, -0.2) is 4.57 Å². The van der Waals surface area contributed by atoms with Crippen LogP contribution in [0.25, 0.3) is 0 Å². The highest BCUT2D eigenvalue weighted by atomic mass is 31.2. The van der Waals surface area contributed by atoms with Crippen LogP contribution in [0.2, 0.25) is 0 Å². The SMILES string of the molecule is CC/C=C\C/C=C\C/C=C\C/C=C\CCC(=O)OC(COCCCCCCCCCCC/C=C\C/C=C\C/C=C\CCCCCCC)COP(=O)(O)OCC(O)CO. The van der Waals surface area contributed by atoms with Crippen molar-refractivity contribution >= 4 is 13.8 Å². The molecule has 0 aromatic carbocycles. The number of esters is 1. The number of phosphoric ester groups is 1. The summed E-state index contributed by atoms with van der Waals surface area (Å²) in [5, 5.41) is 18.3. The van der Waals surface area contributed by atoms with E-state index in [0.29, 0.717) is 13.0 Å². The third-order valence-corrected chi connectivity index (χ3v) is 10.0. The van der Waals surface area contributed by atoms with Gasteiger partial charge in [0.2, 0.25) is 0 Å². The Labute approximate surface area is 354 Å². The minimum absolute atomic E-state index is 0.0117. The Balaban J connectivity index is 4.18. The van der Waals surface area contributed by atoms with Crippen molar-refractivity contribution in [2.75, 3.05) is 33.0 Å². The minimum atomic E-state index is -4.54. The molecule has 334 valence electrons. The standard InChI is InChI=1S/C48H83O9P/c1-3-5-7-9-11-13-15-17-18-19-20-21-22-23-24-25-26-27-29-31-33-35-37-39-41-54-44-47(45-56-58(52,53)55-43-46(50)42-49)57-48(51)40-38-36-34-32-30-28-16-14-12-10-8-6-4-2/h6,8,12,14-15,17,19-20,22-23,28,30,34,36,46-47,49-50H,3-5,7,9-11,13,16,18,21,24-27,29,31-33,35,37-45H2,1-2H3,(H,52,53)/b8-6-,14-12-,17-15-,20-19-,23-22-,30-28-,36-34-. The molecule has 0 rings (SSSR count). The molecule has 0 aromatic rings. The zero-order valence-electron chi connectivity index (χ0n) is 36.5. The van der Waals surface area contributed by atoms with E-state index in [1.807, 2.05) is 12.2 Å². The molecule has 0 saturated heterocycles. The van der Waals surface area contributed by atoms with Gasteiger partial charge in [0.15, 0.2) is 0 Å². The Morgan fingerprint density at radius 3 is 1.48 bits per heavy atom. The van der Waals surface area contributed by atoms with Gasteiger partial charge in [-0.2, -0.15) is 0 Å². The van der Waals surface area contributed by atoms with Crippen LogP contribution in [0, 0.1) is 0 Å². The van der Waals surface area contributed by atoms with Crippen molar-refractivity contribution in [2.45, 2.75) is 180 Å². The number of unbranched alkanes of at least 4 members (excludes halogenated alkanes) is 14. The van der Waals surface area contributed by atoms with E-state index < -0.39 is 45.8 Å². The van der Waals surface area contributed by atoms with Crippen molar-refractivity contribution < 1.29 is 43.0 Å². The molecular formula is C48H83O9P. The van der Waals surface area contributed by atoms with Crippen LogP contribution in [0.1, 0.15) is 168 Å². The van der Waals surface area contributed by atoms with E-state index >= 15 is 0 Å². The van der Waals surface area contributed by atoms with Crippen LogP contribution in [0.3, 0.4) is 0 Å². The van der Waals surface area contributed by atoms with Crippen LogP contribution in [-0.2, 0) is 27.9 Å². The third kappa shape index (κ3) is 43.2. The molecule has 0 amide bonds. The summed E-state index contributed by atoms with van der Waals surface area (Å²) in [4.78, 5) is 22.5. The third-order valence-electron chi connectivity index (χ3n) is 9.08. The fourth-order valence-corrected chi connectivity index (χ4v) is 6.46. The molecule has 0 aliphatic rings. The molecule has 0 bridgehead atoms. The molecule has 0 aromatic heterocycles. The zero-order chi connectivity index (χ0) is 42.5. The highest BCUT2D eigenvalue weighted by Crippen LogP contribution is 2.43. The van der Waals surface area contributed by atoms with E-state index in [1.165, 1.54) is 77.0 Å². The Morgan fingerprint density at radius 1 is 0.552 bits per heavy atom. The maximum atomic E-state index is 12.6. The van der Waals surface area contributed by atoms with Gasteiger partial charge in [0.25, 0.3) is 0 Å². The number of phosphoric acid groups is 1. The van der Waals surface area contributed by atoms with Gasteiger partial charge in [-0.15, -0.1) is 0 Å². The van der Waals surface area contributed by atoms with Gasteiger partial charge in [0, 0.05) is 13.0 Å². The minimum Gasteiger partial charge on any atom is -0.457 e. The monoisotopic (exact) mass is 835 g/mol. The molecule has 58 heavy (non-hydrogen) atoms. The van der Waals surface area contributed by atoms with Gasteiger partial charge >= 0.3 is 13.8 Å². The molecule has 10 heteroatoms. The largest absolute Gasteiger partial charge is 0.472 e. The lowest BCUT2D eigenvalue weighted by atomic mass is 10.1. The van der Waals surface area contributed by atoms with E-state index in [1.54, 1.807) is 0 Å².